The average Bonchev–Trinajstić information content (AvgIpc) is 3.48. The number of carbonyl (C=O) groups excluding carboxylic acids is 1. The second kappa shape index (κ2) is 10.8. The lowest BCUT2D eigenvalue weighted by molar-refractivity contribution is -0.114. The third kappa shape index (κ3) is 5.11. The Morgan fingerprint density at radius 2 is 1.92 bits per heavy atom. The average molecular weight is 514 g/mol. The number of carbonyl (C=O) groups is 1. The Kier molecular flexibility index (Phi) is 7.28. The molecule has 1 amide bonds. The van der Waals surface area contributed by atoms with Crippen molar-refractivity contribution in [3.05, 3.63) is 71.4 Å². The molecule has 0 spiro atoms. The summed E-state index contributed by atoms with van der Waals surface area (Å²) in [6, 6.07) is 16.4. The second-order valence-corrected chi connectivity index (χ2v) is 10.3. The highest BCUT2D eigenvalue weighted by Gasteiger charge is 2.35. The van der Waals surface area contributed by atoms with Crippen LogP contribution in [0.1, 0.15) is 57.1 Å². The van der Waals surface area contributed by atoms with Crippen molar-refractivity contribution in [2.24, 2.45) is 10.1 Å². The summed E-state index contributed by atoms with van der Waals surface area (Å²) in [4.78, 5) is 17.1. The predicted octanol–water partition coefficient (Wildman–Crippen LogP) is 6.65. The van der Waals surface area contributed by atoms with Crippen LogP contribution in [-0.2, 0) is 11.3 Å². The highest BCUT2D eigenvalue weighted by atomic mass is 32.2. The second-order valence-electron chi connectivity index (χ2n) is 9.29. The fourth-order valence-electron chi connectivity index (χ4n) is 4.47. The van der Waals surface area contributed by atoms with Gasteiger partial charge in [-0.05, 0) is 66.8 Å². The van der Waals surface area contributed by atoms with Gasteiger partial charge in [-0.15, -0.1) is 0 Å². The zero-order valence-electron chi connectivity index (χ0n) is 21.4. The van der Waals surface area contributed by atoms with Crippen LogP contribution in [0.3, 0.4) is 0 Å². The molecule has 3 heterocycles. The van der Waals surface area contributed by atoms with Crippen molar-refractivity contribution in [2.45, 2.75) is 52.5 Å². The van der Waals surface area contributed by atoms with E-state index in [1.54, 1.807) is 6.08 Å². The number of fused-ring (bicyclic) bond motifs is 2. The van der Waals surface area contributed by atoms with Gasteiger partial charge >= 0.3 is 0 Å². The summed E-state index contributed by atoms with van der Waals surface area (Å²) in [5.41, 5.74) is 3.48. The first-order valence-corrected chi connectivity index (χ1v) is 13.6. The first-order valence-electron chi connectivity index (χ1n) is 12.8. The lowest BCUT2D eigenvalue weighted by Gasteiger charge is -2.20. The third-order valence-corrected chi connectivity index (χ3v) is 7.71. The minimum absolute atomic E-state index is 0.0644. The van der Waals surface area contributed by atoms with Crippen molar-refractivity contribution in [1.29, 1.82) is 5.41 Å². The Bertz CT molecular complexity index is 1430. The molecule has 2 aliphatic rings. The third-order valence-electron chi connectivity index (χ3n) is 6.74. The summed E-state index contributed by atoms with van der Waals surface area (Å²) in [5, 5.41) is 17.0. The molecule has 1 aromatic heterocycles. The molecule has 0 radical (unpaired) electrons. The van der Waals surface area contributed by atoms with E-state index in [1.807, 2.05) is 36.5 Å². The smallest absolute Gasteiger partial charge is 0.283 e. The van der Waals surface area contributed by atoms with E-state index in [1.165, 1.54) is 22.3 Å². The van der Waals surface area contributed by atoms with Gasteiger partial charge in [-0.1, -0.05) is 51.1 Å². The van der Waals surface area contributed by atoms with Crippen molar-refractivity contribution < 1.29 is 9.53 Å². The standard InChI is InChI=1S/C29H31N5O2S/c1-4-8-26-32-34-27(30)24(28(35)31-29(34)37-26)17-21-18-33(25-10-7-6-9-23(21)25)15-16-36-22-13-11-20(12-14-22)19(3)5-2/h6-7,9-14,17-19,30H,4-5,8,15-16H2,1-3H3/b24-17-,30-27?. The molecule has 0 bridgehead atoms. The molecular weight excluding hydrogens is 482 g/mol. The number of hydrogen-bond donors (Lipinski definition) is 1. The molecule has 0 saturated heterocycles. The Morgan fingerprint density at radius 3 is 2.68 bits per heavy atom. The lowest BCUT2D eigenvalue weighted by atomic mass is 9.99. The van der Waals surface area contributed by atoms with E-state index in [0.717, 1.165) is 46.5 Å². The van der Waals surface area contributed by atoms with Crippen LogP contribution in [0.5, 0.6) is 5.75 Å². The Morgan fingerprint density at radius 1 is 1.14 bits per heavy atom. The highest BCUT2D eigenvalue weighted by molar-refractivity contribution is 8.26. The number of hydrogen-bond acceptors (Lipinski definition) is 5. The first kappa shape index (κ1) is 25.0. The number of rotatable bonds is 9. The van der Waals surface area contributed by atoms with E-state index in [0.29, 0.717) is 24.2 Å². The fourth-order valence-corrected chi connectivity index (χ4v) is 5.45. The minimum Gasteiger partial charge on any atom is -0.492 e. The number of benzene rings is 2. The molecule has 0 saturated carbocycles. The van der Waals surface area contributed by atoms with E-state index in [2.05, 4.69) is 53.6 Å². The number of ether oxygens (including phenoxy) is 1. The molecule has 0 fully saturated rings. The van der Waals surface area contributed by atoms with Crippen molar-refractivity contribution in [1.82, 2.24) is 9.58 Å². The Hall–Kier alpha value is -3.65. The highest BCUT2D eigenvalue weighted by Crippen LogP contribution is 2.31. The number of para-hydroxylation sites is 1. The number of nitrogens with one attached hydrogen (secondary N) is 1. The van der Waals surface area contributed by atoms with Gasteiger partial charge in [-0.2, -0.15) is 15.1 Å². The van der Waals surface area contributed by atoms with Gasteiger partial charge in [0.2, 0.25) is 5.17 Å². The maximum Gasteiger partial charge on any atom is 0.283 e. The van der Waals surface area contributed by atoms with Crippen LogP contribution in [0.15, 0.2) is 70.4 Å². The van der Waals surface area contributed by atoms with Crippen molar-refractivity contribution in [2.75, 3.05) is 6.61 Å². The largest absolute Gasteiger partial charge is 0.492 e. The zero-order valence-corrected chi connectivity index (χ0v) is 22.2. The number of amides is 1. The molecule has 3 aromatic rings. The van der Waals surface area contributed by atoms with Crippen LogP contribution < -0.4 is 4.74 Å². The summed E-state index contributed by atoms with van der Waals surface area (Å²) in [7, 11) is 0. The van der Waals surface area contributed by atoms with E-state index in [9.17, 15) is 4.79 Å². The van der Waals surface area contributed by atoms with Crippen LogP contribution in [0.25, 0.3) is 17.0 Å². The first-order chi connectivity index (χ1) is 18.0. The molecule has 7 nitrogen and oxygen atoms in total. The Balaban J connectivity index is 1.36. The molecule has 1 N–H and O–H groups in total. The van der Waals surface area contributed by atoms with Crippen LogP contribution in [0, 0.1) is 5.41 Å². The van der Waals surface area contributed by atoms with E-state index in [-0.39, 0.29) is 11.4 Å². The topological polar surface area (TPSA) is 83.0 Å². The normalized spacial score (nSPS) is 17.3. The number of amidine groups is 2. The van der Waals surface area contributed by atoms with Crippen LogP contribution in [0.2, 0.25) is 0 Å². The van der Waals surface area contributed by atoms with E-state index in [4.69, 9.17) is 10.1 Å². The number of aliphatic imine (C=N–C) groups is 1. The molecule has 1 unspecified atom stereocenters. The molecule has 1 atom stereocenters. The summed E-state index contributed by atoms with van der Waals surface area (Å²) in [6.07, 6.45) is 6.64. The monoisotopic (exact) mass is 513 g/mol. The number of aromatic nitrogens is 1. The quantitative estimate of drug-likeness (QED) is 0.325. The van der Waals surface area contributed by atoms with Gasteiger partial charge in [0, 0.05) is 22.7 Å². The molecule has 37 heavy (non-hydrogen) atoms. The molecule has 0 aliphatic carbocycles. The molecular formula is C29H31N5O2S. The van der Waals surface area contributed by atoms with Crippen LogP contribution in [0.4, 0.5) is 0 Å². The summed E-state index contributed by atoms with van der Waals surface area (Å²) >= 11 is 1.37. The van der Waals surface area contributed by atoms with Gasteiger partial charge in [0.1, 0.15) is 17.4 Å². The van der Waals surface area contributed by atoms with Crippen LogP contribution in [-0.4, -0.2) is 38.1 Å². The SMILES string of the molecule is CCCC1=NN2C(=N)/C(=C/c3cn(CCOc4ccc(C(C)CC)cc4)c4ccccc34)C(=O)N=C2S1. The maximum absolute atomic E-state index is 12.9. The number of nitrogens with zero attached hydrogens (tertiary/aromatic N) is 4. The van der Waals surface area contributed by atoms with Gasteiger partial charge in [0.15, 0.2) is 5.84 Å². The summed E-state index contributed by atoms with van der Waals surface area (Å²) in [5.74, 6) is 1.05. The molecule has 2 aromatic carbocycles. The van der Waals surface area contributed by atoms with E-state index >= 15 is 0 Å². The van der Waals surface area contributed by atoms with Crippen molar-refractivity contribution >= 4 is 50.7 Å². The fraction of sp³-hybridized carbons (Fsp3) is 0.310. The van der Waals surface area contributed by atoms with Gasteiger partial charge in [0.05, 0.1) is 12.1 Å². The minimum atomic E-state index is -0.405. The van der Waals surface area contributed by atoms with Gasteiger partial charge in [-0.25, -0.2) is 0 Å². The van der Waals surface area contributed by atoms with Gasteiger partial charge in [-0.3, -0.25) is 10.2 Å². The molecule has 5 rings (SSSR count). The van der Waals surface area contributed by atoms with Gasteiger partial charge in [0.25, 0.3) is 5.91 Å². The lowest BCUT2D eigenvalue weighted by Crippen LogP contribution is -2.35. The number of thioether (sulfide) groups is 1. The van der Waals surface area contributed by atoms with Crippen LogP contribution >= 0.6 is 11.8 Å². The Labute approximate surface area is 221 Å². The predicted molar refractivity (Wildman–Crippen MR) is 152 cm³/mol. The summed E-state index contributed by atoms with van der Waals surface area (Å²) in [6.45, 7) is 7.67. The van der Waals surface area contributed by atoms with Crippen molar-refractivity contribution in [3.8, 4) is 5.75 Å². The molecule has 2 aliphatic heterocycles. The molecule has 8 heteroatoms. The van der Waals surface area contributed by atoms with Crippen molar-refractivity contribution in [3.63, 3.8) is 0 Å². The number of hydrazone groups is 1. The molecule has 190 valence electrons. The van der Waals surface area contributed by atoms with E-state index < -0.39 is 5.91 Å². The maximum atomic E-state index is 12.9. The summed E-state index contributed by atoms with van der Waals surface area (Å²) < 4.78 is 8.16. The zero-order chi connectivity index (χ0) is 25.9. The van der Waals surface area contributed by atoms with Gasteiger partial charge < -0.3 is 9.30 Å².